The molecule has 1 heterocycles. The number of hydrogen-bond acceptors (Lipinski definition) is 4. The lowest BCUT2D eigenvalue weighted by molar-refractivity contribution is -0.137. The van der Waals surface area contributed by atoms with Crippen molar-refractivity contribution in [3.63, 3.8) is 0 Å². The van der Waals surface area contributed by atoms with Crippen LogP contribution < -0.4 is 10.1 Å². The second kappa shape index (κ2) is 10.0. The fourth-order valence-electron chi connectivity index (χ4n) is 3.14. The summed E-state index contributed by atoms with van der Waals surface area (Å²) < 4.78 is 57.6. The first-order chi connectivity index (χ1) is 16.3. The van der Waals surface area contributed by atoms with Crippen molar-refractivity contribution in [2.45, 2.75) is 19.3 Å². The van der Waals surface area contributed by atoms with Crippen LogP contribution in [0.2, 0.25) is 0 Å². The molecule has 0 saturated heterocycles. The normalized spacial score (nSPS) is 11.3. The van der Waals surface area contributed by atoms with E-state index < -0.39 is 17.6 Å². The highest BCUT2D eigenvalue weighted by molar-refractivity contribution is 7.13. The average Bonchev–Trinajstić information content (AvgIpc) is 3.32. The molecule has 0 radical (unpaired) electrons. The fraction of sp³-hybridized carbons (Fsp3) is 0.120. The maximum Gasteiger partial charge on any atom is 0.416 e. The molecule has 4 rings (SSSR count). The summed E-state index contributed by atoms with van der Waals surface area (Å²) in [5.74, 6) is -0.271. The molecule has 1 amide bonds. The topological polar surface area (TPSA) is 51.2 Å². The van der Waals surface area contributed by atoms with Gasteiger partial charge in [0.15, 0.2) is 0 Å². The molecular weight excluding hydrogens is 468 g/mol. The van der Waals surface area contributed by atoms with Gasteiger partial charge in [-0.3, -0.25) is 4.79 Å². The van der Waals surface area contributed by atoms with Gasteiger partial charge in [0.05, 0.1) is 11.1 Å². The van der Waals surface area contributed by atoms with Crippen LogP contribution in [0.1, 0.15) is 27.2 Å². The minimum atomic E-state index is -4.45. The Hall–Kier alpha value is -3.72. The Bertz CT molecular complexity index is 1290. The summed E-state index contributed by atoms with van der Waals surface area (Å²) in [6.07, 6.45) is -4.45. The van der Waals surface area contributed by atoms with Crippen molar-refractivity contribution < 1.29 is 27.1 Å². The second-order valence-corrected chi connectivity index (χ2v) is 8.19. The molecule has 0 fully saturated rings. The van der Waals surface area contributed by atoms with E-state index in [0.717, 1.165) is 17.7 Å². The Balaban J connectivity index is 1.43. The molecule has 0 aliphatic heterocycles. The van der Waals surface area contributed by atoms with Crippen LogP contribution in [0, 0.1) is 5.82 Å². The Morgan fingerprint density at radius 3 is 2.50 bits per heavy atom. The molecular formula is C25H18F4N2O2S. The second-order valence-electron chi connectivity index (χ2n) is 7.33. The van der Waals surface area contributed by atoms with Gasteiger partial charge in [0.2, 0.25) is 0 Å². The number of amides is 1. The summed E-state index contributed by atoms with van der Waals surface area (Å²) in [5.41, 5.74) is 1.20. The number of alkyl halides is 3. The summed E-state index contributed by atoms with van der Waals surface area (Å²) in [5, 5.41) is 4.73. The maximum absolute atomic E-state index is 13.1. The highest BCUT2D eigenvalue weighted by atomic mass is 32.1. The van der Waals surface area contributed by atoms with E-state index in [1.807, 2.05) is 12.1 Å². The number of carbonyl (C=O) groups is 1. The van der Waals surface area contributed by atoms with E-state index in [9.17, 15) is 22.4 Å². The lowest BCUT2D eigenvalue weighted by Crippen LogP contribution is -2.23. The van der Waals surface area contributed by atoms with E-state index in [1.165, 1.54) is 35.6 Å². The standard InChI is InChI=1S/C25H18F4N2O2S/c26-19-10-8-16(9-11-19)14-33-22-7-2-1-6-20(22)24-31-21(15-34-24)23(32)30-13-17-4-3-5-18(12-17)25(27,28)29/h1-12,15H,13-14H2,(H,30,32). The highest BCUT2D eigenvalue weighted by Crippen LogP contribution is 2.33. The molecule has 4 nitrogen and oxygen atoms in total. The molecule has 0 aliphatic carbocycles. The van der Waals surface area contributed by atoms with Gasteiger partial charge in [0.1, 0.15) is 28.9 Å². The molecule has 34 heavy (non-hydrogen) atoms. The van der Waals surface area contributed by atoms with Crippen LogP contribution in [0.4, 0.5) is 17.6 Å². The third-order valence-corrected chi connectivity index (χ3v) is 5.74. The number of nitrogens with one attached hydrogen (secondary N) is 1. The zero-order chi connectivity index (χ0) is 24.1. The summed E-state index contributed by atoms with van der Waals surface area (Å²) >= 11 is 1.25. The lowest BCUT2D eigenvalue weighted by Gasteiger charge is -2.10. The predicted molar refractivity (Wildman–Crippen MR) is 121 cm³/mol. The highest BCUT2D eigenvalue weighted by Gasteiger charge is 2.30. The van der Waals surface area contributed by atoms with Gasteiger partial charge in [-0.15, -0.1) is 11.3 Å². The van der Waals surface area contributed by atoms with Crippen molar-refractivity contribution in [2.75, 3.05) is 0 Å². The predicted octanol–water partition coefficient (Wildman–Crippen LogP) is 6.48. The molecule has 0 spiro atoms. The van der Waals surface area contributed by atoms with E-state index in [0.29, 0.717) is 21.9 Å². The van der Waals surface area contributed by atoms with Crippen LogP contribution in [0.3, 0.4) is 0 Å². The Morgan fingerprint density at radius 2 is 1.74 bits per heavy atom. The van der Waals surface area contributed by atoms with Crippen LogP contribution in [0.15, 0.2) is 78.2 Å². The number of nitrogens with zero attached hydrogens (tertiary/aromatic N) is 1. The number of para-hydroxylation sites is 1. The summed E-state index contributed by atoms with van der Waals surface area (Å²) in [6.45, 7) is 0.167. The minimum Gasteiger partial charge on any atom is -0.488 e. The molecule has 1 N–H and O–H groups in total. The van der Waals surface area contributed by atoms with Crippen molar-refractivity contribution in [1.29, 1.82) is 0 Å². The molecule has 4 aromatic rings. The van der Waals surface area contributed by atoms with Gasteiger partial charge in [0, 0.05) is 11.9 Å². The summed E-state index contributed by atoms with van der Waals surface area (Å²) in [7, 11) is 0. The Labute approximate surface area is 196 Å². The number of rotatable bonds is 7. The molecule has 3 aromatic carbocycles. The number of thiazole rings is 1. The smallest absolute Gasteiger partial charge is 0.416 e. The van der Waals surface area contributed by atoms with E-state index in [2.05, 4.69) is 10.3 Å². The van der Waals surface area contributed by atoms with Crippen LogP contribution in [-0.2, 0) is 19.3 Å². The molecule has 0 bridgehead atoms. The number of ether oxygens (including phenoxy) is 1. The van der Waals surface area contributed by atoms with Gasteiger partial charge >= 0.3 is 6.18 Å². The van der Waals surface area contributed by atoms with Crippen molar-refractivity contribution in [3.05, 3.63) is 106 Å². The number of aromatic nitrogens is 1. The third kappa shape index (κ3) is 5.79. The van der Waals surface area contributed by atoms with Gasteiger partial charge in [-0.2, -0.15) is 13.2 Å². The number of hydrogen-bond donors (Lipinski definition) is 1. The number of benzene rings is 3. The Morgan fingerprint density at radius 1 is 0.971 bits per heavy atom. The first kappa shape index (κ1) is 23.4. The third-order valence-electron chi connectivity index (χ3n) is 4.87. The quantitative estimate of drug-likeness (QED) is 0.304. The molecule has 1 aromatic heterocycles. The van der Waals surface area contributed by atoms with Crippen LogP contribution >= 0.6 is 11.3 Å². The first-order valence-corrected chi connectivity index (χ1v) is 11.0. The van der Waals surface area contributed by atoms with Crippen molar-refractivity contribution in [1.82, 2.24) is 10.3 Å². The molecule has 0 aliphatic rings. The first-order valence-electron chi connectivity index (χ1n) is 10.2. The summed E-state index contributed by atoms with van der Waals surface area (Å²) in [6, 6.07) is 18.0. The van der Waals surface area contributed by atoms with Gasteiger partial charge in [-0.05, 0) is 47.5 Å². The Kier molecular flexibility index (Phi) is 6.93. The molecule has 9 heteroatoms. The SMILES string of the molecule is O=C(NCc1cccc(C(F)(F)F)c1)c1csc(-c2ccccc2OCc2ccc(F)cc2)n1. The monoisotopic (exact) mass is 486 g/mol. The van der Waals surface area contributed by atoms with Gasteiger partial charge < -0.3 is 10.1 Å². The van der Waals surface area contributed by atoms with Crippen molar-refractivity contribution in [3.8, 4) is 16.3 Å². The molecule has 0 unspecified atom stereocenters. The van der Waals surface area contributed by atoms with Gasteiger partial charge in [-0.25, -0.2) is 9.37 Å². The van der Waals surface area contributed by atoms with Gasteiger partial charge in [-0.1, -0.05) is 36.4 Å². The molecule has 0 atom stereocenters. The summed E-state index contributed by atoms with van der Waals surface area (Å²) in [4.78, 5) is 16.9. The van der Waals surface area contributed by atoms with E-state index in [-0.39, 0.29) is 24.7 Å². The molecule has 174 valence electrons. The lowest BCUT2D eigenvalue weighted by atomic mass is 10.1. The minimum absolute atomic E-state index is 0.0625. The van der Waals surface area contributed by atoms with Crippen LogP contribution in [-0.4, -0.2) is 10.9 Å². The van der Waals surface area contributed by atoms with Crippen LogP contribution in [0.5, 0.6) is 5.75 Å². The number of halogens is 4. The van der Waals surface area contributed by atoms with E-state index >= 15 is 0 Å². The van der Waals surface area contributed by atoms with E-state index in [4.69, 9.17) is 4.74 Å². The zero-order valence-corrected chi connectivity index (χ0v) is 18.4. The largest absolute Gasteiger partial charge is 0.488 e. The van der Waals surface area contributed by atoms with Gasteiger partial charge in [0.25, 0.3) is 5.91 Å². The van der Waals surface area contributed by atoms with Crippen molar-refractivity contribution in [2.24, 2.45) is 0 Å². The number of carbonyl (C=O) groups excluding carboxylic acids is 1. The molecule has 0 saturated carbocycles. The average molecular weight is 486 g/mol. The zero-order valence-electron chi connectivity index (χ0n) is 17.6. The van der Waals surface area contributed by atoms with Crippen LogP contribution in [0.25, 0.3) is 10.6 Å². The fourth-order valence-corrected chi connectivity index (χ4v) is 3.97. The van der Waals surface area contributed by atoms with Crippen molar-refractivity contribution >= 4 is 17.2 Å². The van der Waals surface area contributed by atoms with E-state index in [1.54, 1.807) is 29.6 Å². The maximum atomic E-state index is 13.1.